The minimum absolute atomic E-state index is 0.0801. The van der Waals surface area contributed by atoms with Crippen LogP contribution >= 0.6 is 0 Å². The van der Waals surface area contributed by atoms with Crippen LogP contribution in [0.4, 0.5) is 4.79 Å². The van der Waals surface area contributed by atoms with E-state index in [2.05, 4.69) is 0 Å². The summed E-state index contributed by atoms with van der Waals surface area (Å²) >= 11 is 0.0801. The van der Waals surface area contributed by atoms with Gasteiger partial charge in [0.1, 0.15) is 0 Å². The Hall–Kier alpha value is -2.62. The molecule has 2 aliphatic heterocycles. The predicted octanol–water partition coefficient (Wildman–Crippen LogP) is 0.922. The molecule has 3 rings (SSSR count). The third-order valence-corrected chi connectivity index (χ3v) is 7.35. The van der Waals surface area contributed by atoms with E-state index < -0.39 is 54.6 Å². The molecule has 0 bridgehead atoms. The quantitative estimate of drug-likeness (QED) is 0.259. The standard InChI is InChI=1S/C22H26O10Se/c1-12(23)27-10-18(28-13(2)24)20(29-14(3)25)21-19-17(31-22(26)32-19)9-15(30-21)11-33-16-7-5-4-6-8-16/h4-8,15,17-21H,9-11H2,1-3H3/t15-,17+,18-,19+,20-,21-/m1/s1. The Balaban J connectivity index is 1.83. The molecule has 10 nitrogen and oxygen atoms in total. The molecule has 6 atom stereocenters. The number of hydrogen-bond donors (Lipinski definition) is 0. The number of benzene rings is 1. The third-order valence-electron chi connectivity index (χ3n) is 4.95. The minimum atomic E-state index is -1.19. The molecule has 2 aliphatic rings. The number of carbonyl (C=O) groups is 4. The van der Waals surface area contributed by atoms with E-state index in [-0.39, 0.29) is 27.7 Å². The molecule has 2 saturated heterocycles. The fourth-order valence-electron chi connectivity index (χ4n) is 3.71. The summed E-state index contributed by atoms with van der Waals surface area (Å²) in [6, 6.07) is 9.91. The van der Waals surface area contributed by atoms with Gasteiger partial charge in [-0.2, -0.15) is 0 Å². The number of fused-ring (bicyclic) bond motifs is 1. The zero-order valence-electron chi connectivity index (χ0n) is 18.5. The summed E-state index contributed by atoms with van der Waals surface area (Å²) < 4.78 is 33.9. The molecule has 2 fully saturated rings. The van der Waals surface area contributed by atoms with E-state index in [1.54, 1.807) is 0 Å². The molecule has 0 unspecified atom stereocenters. The Labute approximate surface area is 197 Å². The van der Waals surface area contributed by atoms with Crippen molar-refractivity contribution >= 4 is 43.5 Å². The van der Waals surface area contributed by atoms with Gasteiger partial charge in [0.2, 0.25) is 0 Å². The van der Waals surface area contributed by atoms with Crippen LogP contribution in [-0.2, 0) is 42.8 Å². The van der Waals surface area contributed by atoms with Crippen molar-refractivity contribution in [3.63, 3.8) is 0 Å². The molecule has 0 amide bonds. The molecule has 0 radical (unpaired) electrons. The first-order chi connectivity index (χ1) is 15.7. The summed E-state index contributed by atoms with van der Waals surface area (Å²) in [4.78, 5) is 46.9. The zero-order valence-corrected chi connectivity index (χ0v) is 20.2. The first kappa shape index (κ1) is 25.0. The van der Waals surface area contributed by atoms with E-state index in [1.807, 2.05) is 30.3 Å². The Kier molecular flexibility index (Phi) is 8.71. The molecule has 0 aromatic heterocycles. The van der Waals surface area contributed by atoms with Crippen LogP contribution in [0.3, 0.4) is 0 Å². The topological polar surface area (TPSA) is 124 Å². The van der Waals surface area contributed by atoms with Gasteiger partial charge in [-0.25, -0.2) is 0 Å². The van der Waals surface area contributed by atoms with Crippen molar-refractivity contribution in [2.45, 2.75) is 69.1 Å². The number of esters is 3. The molecule has 1 aromatic carbocycles. The van der Waals surface area contributed by atoms with Gasteiger partial charge < -0.3 is 0 Å². The first-order valence-electron chi connectivity index (χ1n) is 10.4. The summed E-state index contributed by atoms with van der Waals surface area (Å²) in [5.74, 6) is -1.93. The van der Waals surface area contributed by atoms with Gasteiger partial charge in [0, 0.05) is 0 Å². The first-order valence-corrected chi connectivity index (χ1v) is 12.5. The predicted molar refractivity (Wildman–Crippen MR) is 113 cm³/mol. The van der Waals surface area contributed by atoms with Crippen LogP contribution in [0.1, 0.15) is 27.2 Å². The molecule has 33 heavy (non-hydrogen) atoms. The van der Waals surface area contributed by atoms with Gasteiger partial charge in [-0.15, -0.1) is 0 Å². The number of ether oxygens (including phenoxy) is 6. The van der Waals surface area contributed by atoms with Crippen molar-refractivity contribution in [3.05, 3.63) is 30.3 Å². The summed E-state index contributed by atoms with van der Waals surface area (Å²) in [7, 11) is 0. The maximum atomic E-state index is 11.9. The third kappa shape index (κ3) is 7.18. The number of carbonyl (C=O) groups excluding carboxylic acids is 4. The van der Waals surface area contributed by atoms with E-state index in [9.17, 15) is 19.2 Å². The van der Waals surface area contributed by atoms with E-state index in [0.29, 0.717) is 11.7 Å². The number of hydrogen-bond acceptors (Lipinski definition) is 10. The normalized spacial score (nSPS) is 25.6. The van der Waals surface area contributed by atoms with Crippen molar-refractivity contribution < 1.29 is 47.6 Å². The van der Waals surface area contributed by atoms with Crippen LogP contribution in [0.25, 0.3) is 0 Å². The van der Waals surface area contributed by atoms with E-state index in [4.69, 9.17) is 28.4 Å². The van der Waals surface area contributed by atoms with Crippen molar-refractivity contribution in [2.75, 3.05) is 6.61 Å². The van der Waals surface area contributed by atoms with Crippen molar-refractivity contribution in [2.24, 2.45) is 0 Å². The molecule has 1 aromatic rings. The van der Waals surface area contributed by atoms with Gasteiger partial charge in [0.25, 0.3) is 0 Å². The van der Waals surface area contributed by atoms with Crippen LogP contribution in [0.15, 0.2) is 30.3 Å². The van der Waals surface area contributed by atoms with Gasteiger partial charge in [-0.1, -0.05) is 0 Å². The van der Waals surface area contributed by atoms with Crippen LogP contribution in [0.5, 0.6) is 0 Å². The van der Waals surface area contributed by atoms with Crippen LogP contribution in [-0.4, -0.2) is 82.3 Å². The second kappa shape index (κ2) is 11.5. The van der Waals surface area contributed by atoms with Gasteiger partial charge in [-0.05, 0) is 0 Å². The van der Waals surface area contributed by atoms with Gasteiger partial charge >= 0.3 is 197 Å². The summed E-state index contributed by atoms with van der Waals surface area (Å²) in [6.07, 6.45) is -5.60. The van der Waals surface area contributed by atoms with E-state index in [1.165, 1.54) is 25.2 Å². The average molecular weight is 529 g/mol. The Morgan fingerprint density at radius 2 is 1.73 bits per heavy atom. The van der Waals surface area contributed by atoms with E-state index >= 15 is 0 Å². The average Bonchev–Trinajstić information content (AvgIpc) is 3.13. The molecule has 180 valence electrons. The number of rotatable bonds is 9. The van der Waals surface area contributed by atoms with Crippen molar-refractivity contribution in [3.8, 4) is 0 Å². The molecular formula is C22H26O10Se. The van der Waals surface area contributed by atoms with Crippen LogP contribution < -0.4 is 4.46 Å². The molecule has 2 heterocycles. The monoisotopic (exact) mass is 530 g/mol. The zero-order chi connectivity index (χ0) is 24.0. The van der Waals surface area contributed by atoms with Gasteiger partial charge in [0.15, 0.2) is 0 Å². The van der Waals surface area contributed by atoms with Gasteiger partial charge in [0.05, 0.1) is 0 Å². The Morgan fingerprint density at radius 3 is 2.36 bits per heavy atom. The van der Waals surface area contributed by atoms with Gasteiger partial charge in [-0.3, -0.25) is 0 Å². The molecule has 0 saturated carbocycles. The molecular weight excluding hydrogens is 503 g/mol. The Morgan fingerprint density at radius 1 is 1.03 bits per heavy atom. The second-order valence-corrected chi connectivity index (χ2v) is 9.89. The summed E-state index contributed by atoms with van der Waals surface area (Å²) in [6.45, 7) is 3.21. The molecule has 0 N–H and O–H groups in total. The fourth-order valence-corrected chi connectivity index (χ4v) is 5.69. The summed E-state index contributed by atoms with van der Waals surface area (Å²) in [5.41, 5.74) is 0. The van der Waals surface area contributed by atoms with E-state index in [0.717, 1.165) is 0 Å². The SMILES string of the molecule is CC(=O)OC[C@@H](OC(C)=O)[C@@H](OC(C)=O)[C@@H]1O[C@@H](C[Se]c2ccccc2)C[C@@H]2OC(=O)O[C@H]12. The van der Waals surface area contributed by atoms with Crippen LogP contribution in [0, 0.1) is 0 Å². The van der Waals surface area contributed by atoms with Crippen molar-refractivity contribution in [1.82, 2.24) is 0 Å². The summed E-state index contributed by atoms with van der Waals surface area (Å²) in [5, 5.41) is 0.670. The maximum absolute atomic E-state index is 11.9. The molecule has 0 aliphatic carbocycles. The van der Waals surface area contributed by atoms with Crippen LogP contribution in [0.2, 0.25) is 5.32 Å². The fraction of sp³-hybridized carbons (Fsp3) is 0.545. The molecule has 0 spiro atoms. The Bertz CT molecular complexity index is 860. The molecule has 11 heteroatoms. The second-order valence-electron chi connectivity index (χ2n) is 7.60. The van der Waals surface area contributed by atoms with Crippen molar-refractivity contribution in [1.29, 1.82) is 0 Å².